The molecule has 76 valence electrons. The highest BCUT2D eigenvalue weighted by molar-refractivity contribution is 5.78. The Morgan fingerprint density at radius 3 is 2.69 bits per heavy atom. The molecule has 0 atom stereocenters. The minimum absolute atomic E-state index is 0.466. The highest BCUT2D eigenvalue weighted by atomic mass is 16.1. The summed E-state index contributed by atoms with van der Waals surface area (Å²) in [7, 11) is 0. The van der Waals surface area contributed by atoms with Crippen LogP contribution in [0.5, 0.6) is 0 Å². The number of hydrogen-bond acceptors (Lipinski definition) is 2. The smallest absolute Gasteiger partial charge is 0.133 e. The summed E-state index contributed by atoms with van der Waals surface area (Å²) in [4.78, 5) is 11.3. The lowest BCUT2D eigenvalue weighted by Crippen LogP contribution is -2.24. The maximum absolute atomic E-state index is 11.3. The van der Waals surface area contributed by atoms with Crippen molar-refractivity contribution in [3.8, 4) is 0 Å². The fraction of sp³-hybridized carbons (Fsp3) is 0.909. The third-order valence-corrected chi connectivity index (χ3v) is 2.40. The number of nitrogens with one attached hydrogen (secondary N) is 1. The van der Waals surface area contributed by atoms with Crippen LogP contribution in [0.2, 0.25) is 0 Å². The van der Waals surface area contributed by atoms with Gasteiger partial charge in [-0.15, -0.1) is 0 Å². The summed E-state index contributed by atoms with van der Waals surface area (Å²) in [6, 6.07) is 0.540. The molecule has 0 saturated heterocycles. The Morgan fingerprint density at radius 1 is 1.46 bits per heavy atom. The van der Waals surface area contributed by atoms with Crippen LogP contribution in [0.1, 0.15) is 46.0 Å². The number of carbonyl (C=O) groups excluding carboxylic acids is 1. The number of ketones is 1. The normalized spacial score (nSPS) is 16.5. The fourth-order valence-corrected chi connectivity index (χ4v) is 1.42. The van der Waals surface area contributed by atoms with E-state index in [2.05, 4.69) is 19.2 Å². The van der Waals surface area contributed by atoms with E-state index >= 15 is 0 Å². The van der Waals surface area contributed by atoms with Crippen LogP contribution in [0, 0.1) is 5.92 Å². The van der Waals surface area contributed by atoms with Gasteiger partial charge < -0.3 is 5.32 Å². The zero-order valence-electron chi connectivity index (χ0n) is 8.81. The molecule has 2 nitrogen and oxygen atoms in total. The van der Waals surface area contributed by atoms with Crippen molar-refractivity contribution in [3.63, 3.8) is 0 Å². The van der Waals surface area contributed by atoms with E-state index in [1.165, 1.54) is 12.8 Å². The minimum atomic E-state index is 0.466. The van der Waals surface area contributed by atoms with Crippen LogP contribution in [-0.4, -0.2) is 18.4 Å². The molecule has 0 heterocycles. The molecule has 2 heteroatoms. The third kappa shape index (κ3) is 5.81. The molecule has 1 rings (SSSR count). The van der Waals surface area contributed by atoms with Gasteiger partial charge in [-0.05, 0) is 31.7 Å². The van der Waals surface area contributed by atoms with E-state index in [4.69, 9.17) is 0 Å². The Kier molecular flexibility index (Phi) is 4.43. The number of carbonyl (C=O) groups is 1. The summed E-state index contributed by atoms with van der Waals surface area (Å²) in [5.41, 5.74) is 0. The van der Waals surface area contributed by atoms with Crippen molar-refractivity contribution in [2.45, 2.75) is 52.0 Å². The summed E-state index contributed by atoms with van der Waals surface area (Å²) >= 11 is 0. The molecule has 0 unspecified atom stereocenters. The van der Waals surface area contributed by atoms with E-state index in [9.17, 15) is 4.79 Å². The van der Waals surface area contributed by atoms with Crippen LogP contribution in [-0.2, 0) is 4.79 Å². The Bertz CT molecular complexity index is 161. The maximum atomic E-state index is 11.3. The second kappa shape index (κ2) is 5.38. The molecule has 0 bridgehead atoms. The molecule has 0 spiro atoms. The van der Waals surface area contributed by atoms with Gasteiger partial charge in [-0.1, -0.05) is 13.8 Å². The Hall–Kier alpha value is -0.370. The molecule has 1 saturated carbocycles. The molecule has 0 aromatic carbocycles. The lowest BCUT2D eigenvalue weighted by molar-refractivity contribution is -0.119. The third-order valence-electron chi connectivity index (χ3n) is 2.40. The van der Waals surface area contributed by atoms with Gasteiger partial charge in [0.25, 0.3) is 0 Å². The van der Waals surface area contributed by atoms with Gasteiger partial charge in [0.1, 0.15) is 5.78 Å². The van der Waals surface area contributed by atoms with Gasteiger partial charge in [-0.2, -0.15) is 0 Å². The van der Waals surface area contributed by atoms with E-state index in [1.807, 2.05) is 0 Å². The Balaban J connectivity index is 1.89. The summed E-state index contributed by atoms with van der Waals surface area (Å²) < 4.78 is 0. The molecule has 0 aromatic rings. The van der Waals surface area contributed by atoms with E-state index in [-0.39, 0.29) is 0 Å². The summed E-state index contributed by atoms with van der Waals surface area (Å²) in [5.74, 6) is 1.22. The van der Waals surface area contributed by atoms with Crippen molar-refractivity contribution in [1.29, 1.82) is 0 Å². The van der Waals surface area contributed by atoms with Crippen molar-refractivity contribution in [2.75, 3.05) is 6.54 Å². The fourth-order valence-electron chi connectivity index (χ4n) is 1.42. The van der Waals surface area contributed by atoms with E-state index < -0.39 is 0 Å². The minimum Gasteiger partial charge on any atom is -0.315 e. The zero-order valence-corrected chi connectivity index (χ0v) is 8.81. The van der Waals surface area contributed by atoms with Gasteiger partial charge in [0.2, 0.25) is 0 Å². The first-order valence-corrected chi connectivity index (χ1v) is 5.43. The van der Waals surface area contributed by atoms with Crippen LogP contribution in [0.15, 0.2) is 0 Å². The van der Waals surface area contributed by atoms with E-state index in [0.717, 1.165) is 31.7 Å². The first kappa shape index (κ1) is 10.7. The summed E-state index contributed by atoms with van der Waals surface area (Å²) in [6.45, 7) is 5.24. The lowest BCUT2D eigenvalue weighted by atomic mass is 10.1. The second-order valence-corrected chi connectivity index (χ2v) is 4.40. The highest BCUT2D eigenvalue weighted by Gasteiger charge is 2.23. The summed E-state index contributed by atoms with van der Waals surface area (Å²) in [5, 5.41) is 3.32. The molecule has 0 aromatic heterocycles. The number of hydrogen-bond donors (Lipinski definition) is 1. The largest absolute Gasteiger partial charge is 0.315 e. The van der Waals surface area contributed by atoms with Crippen LogP contribution >= 0.6 is 0 Å². The molecule has 0 aliphatic heterocycles. The standard InChI is InChI=1S/C11H21NO/c1-9(2)12-7-3-4-11(13)8-10-5-6-10/h9-10,12H,3-8H2,1-2H3. The monoisotopic (exact) mass is 183 g/mol. The maximum Gasteiger partial charge on any atom is 0.133 e. The first-order valence-electron chi connectivity index (χ1n) is 5.43. The molecular formula is C11H21NO. The topological polar surface area (TPSA) is 29.1 Å². The molecule has 1 aliphatic carbocycles. The van der Waals surface area contributed by atoms with Crippen molar-refractivity contribution < 1.29 is 4.79 Å². The van der Waals surface area contributed by atoms with Gasteiger partial charge >= 0.3 is 0 Å². The second-order valence-electron chi connectivity index (χ2n) is 4.40. The van der Waals surface area contributed by atoms with Gasteiger partial charge in [0, 0.05) is 18.9 Å². The molecule has 0 amide bonds. The van der Waals surface area contributed by atoms with E-state index in [0.29, 0.717) is 11.8 Å². The van der Waals surface area contributed by atoms with Crippen LogP contribution in [0.4, 0.5) is 0 Å². The SMILES string of the molecule is CC(C)NCCCC(=O)CC1CC1. The molecule has 1 fully saturated rings. The van der Waals surface area contributed by atoms with Crippen molar-refractivity contribution in [3.05, 3.63) is 0 Å². The summed E-state index contributed by atoms with van der Waals surface area (Å²) in [6.07, 6.45) is 5.20. The molecule has 1 N–H and O–H groups in total. The average Bonchev–Trinajstić information content (AvgIpc) is 2.81. The number of rotatable bonds is 7. The van der Waals surface area contributed by atoms with Crippen LogP contribution < -0.4 is 5.32 Å². The van der Waals surface area contributed by atoms with E-state index in [1.54, 1.807) is 0 Å². The van der Waals surface area contributed by atoms with Crippen molar-refractivity contribution >= 4 is 5.78 Å². The molecule has 1 aliphatic rings. The quantitative estimate of drug-likeness (QED) is 0.613. The Morgan fingerprint density at radius 2 is 2.15 bits per heavy atom. The lowest BCUT2D eigenvalue weighted by Gasteiger charge is -2.06. The van der Waals surface area contributed by atoms with Crippen LogP contribution in [0.3, 0.4) is 0 Å². The molecular weight excluding hydrogens is 162 g/mol. The predicted molar refractivity (Wildman–Crippen MR) is 54.7 cm³/mol. The average molecular weight is 183 g/mol. The van der Waals surface area contributed by atoms with Gasteiger partial charge in [0.15, 0.2) is 0 Å². The highest BCUT2D eigenvalue weighted by Crippen LogP contribution is 2.32. The molecule has 13 heavy (non-hydrogen) atoms. The number of Topliss-reactive ketones (excluding diaryl/α,β-unsaturated/α-hetero) is 1. The first-order chi connectivity index (χ1) is 6.18. The Labute approximate surface area is 81.1 Å². The van der Waals surface area contributed by atoms with Gasteiger partial charge in [-0.3, -0.25) is 4.79 Å². The molecule has 0 radical (unpaired) electrons. The van der Waals surface area contributed by atoms with Crippen LogP contribution in [0.25, 0.3) is 0 Å². The predicted octanol–water partition coefficient (Wildman–Crippen LogP) is 2.13. The van der Waals surface area contributed by atoms with Crippen molar-refractivity contribution in [2.24, 2.45) is 5.92 Å². The zero-order chi connectivity index (χ0) is 9.68. The van der Waals surface area contributed by atoms with Gasteiger partial charge in [0.05, 0.1) is 0 Å². The van der Waals surface area contributed by atoms with Crippen molar-refractivity contribution in [1.82, 2.24) is 5.32 Å². The van der Waals surface area contributed by atoms with Gasteiger partial charge in [-0.25, -0.2) is 0 Å².